The van der Waals surface area contributed by atoms with Crippen LogP contribution in [0.2, 0.25) is 0 Å². The Morgan fingerprint density at radius 1 is 1.19 bits per heavy atom. The average molecular weight is 433 g/mol. The van der Waals surface area contributed by atoms with Crippen LogP contribution in [0.3, 0.4) is 0 Å². The minimum Gasteiger partial charge on any atom is -0.497 e. The quantitative estimate of drug-likeness (QED) is 0.459. The first-order chi connectivity index (χ1) is 15.0. The van der Waals surface area contributed by atoms with Gasteiger partial charge in [0.2, 0.25) is 5.95 Å². The number of fused-ring (bicyclic) bond motifs is 1. The Bertz CT molecular complexity index is 1270. The zero-order valence-corrected chi connectivity index (χ0v) is 18.5. The van der Waals surface area contributed by atoms with E-state index in [1.807, 2.05) is 31.2 Å². The van der Waals surface area contributed by atoms with Crippen molar-refractivity contribution in [3.8, 4) is 16.3 Å². The fraction of sp³-hybridized carbons (Fsp3) is 0.208. The molecule has 0 atom stereocenters. The molecule has 0 bridgehead atoms. The zero-order valence-electron chi connectivity index (χ0n) is 17.7. The van der Waals surface area contributed by atoms with E-state index in [2.05, 4.69) is 34.3 Å². The van der Waals surface area contributed by atoms with Gasteiger partial charge in [-0.2, -0.15) is 0 Å². The average Bonchev–Trinajstić information content (AvgIpc) is 3.13. The van der Waals surface area contributed by atoms with Gasteiger partial charge in [0, 0.05) is 23.0 Å². The second-order valence-electron chi connectivity index (χ2n) is 7.25. The topological polar surface area (TPSA) is 90.1 Å². The number of amides is 1. The van der Waals surface area contributed by atoms with E-state index in [-0.39, 0.29) is 11.9 Å². The van der Waals surface area contributed by atoms with Crippen molar-refractivity contribution >= 4 is 33.3 Å². The number of benzene rings is 2. The summed E-state index contributed by atoms with van der Waals surface area (Å²) in [5, 5.41) is 4.20. The number of aromatic nitrogens is 2. The molecule has 6 nitrogen and oxygen atoms in total. The monoisotopic (exact) mass is 432 g/mol. The number of anilines is 1. The molecule has 0 saturated carbocycles. The molecular formula is C24H24N4O2S. The molecule has 0 saturated heterocycles. The molecule has 0 spiro atoms. The highest BCUT2D eigenvalue weighted by atomic mass is 32.1. The maximum atomic E-state index is 12.8. The van der Waals surface area contributed by atoms with Crippen LogP contribution in [-0.4, -0.2) is 23.0 Å². The molecular weight excluding hydrogens is 408 g/mol. The Hall–Kier alpha value is -3.45. The van der Waals surface area contributed by atoms with E-state index in [9.17, 15) is 4.79 Å². The van der Waals surface area contributed by atoms with Crippen molar-refractivity contribution in [2.75, 3.05) is 12.8 Å². The Labute approximate surface area is 185 Å². The number of carbonyl (C=O) groups excluding carboxylic acids is 1. The lowest BCUT2D eigenvalue weighted by molar-refractivity contribution is 0.0949. The molecule has 31 heavy (non-hydrogen) atoms. The first-order valence-electron chi connectivity index (χ1n) is 10.1. The number of carbonyl (C=O) groups is 1. The van der Waals surface area contributed by atoms with Gasteiger partial charge in [-0.3, -0.25) is 4.79 Å². The van der Waals surface area contributed by atoms with E-state index in [0.717, 1.165) is 39.1 Å². The third kappa shape index (κ3) is 4.22. The number of rotatable bonds is 6. The van der Waals surface area contributed by atoms with Gasteiger partial charge >= 0.3 is 0 Å². The molecule has 0 unspecified atom stereocenters. The Morgan fingerprint density at radius 3 is 2.77 bits per heavy atom. The zero-order chi connectivity index (χ0) is 22.0. The van der Waals surface area contributed by atoms with Crippen LogP contribution in [0.15, 0.2) is 48.7 Å². The molecule has 2 aromatic carbocycles. The van der Waals surface area contributed by atoms with Crippen LogP contribution >= 0.6 is 11.3 Å². The standard InChI is InChI=1S/C24H24N4O2S/c1-4-16-6-7-17(30-3)12-19(16)23(29)27-13-15-5-8-21-18(11-15)14(2)22(31-21)20-9-10-26-24(25)28-20/h5-12H,4,13H2,1-3H3,(H,27,29)(H2,25,26,28). The molecule has 3 N–H and O–H groups in total. The number of aryl methyl sites for hydroxylation is 2. The third-order valence-electron chi connectivity index (χ3n) is 5.30. The molecule has 0 aliphatic heterocycles. The minimum absolute atomic E-state index is 0.102. The van der Waals surface area contributed by atoms with E-state index in [0.29, 0.717) is 17.9 Å². The van der Waals surface area contributed by atoms with Crippen LogP contribution < -0.4 is 15.8 Å². The number of hydrogen-bond acceptors (Lipinski definition) is 6. The summed E-state index contributed by atoms with van der Waals surface area (Å²) >= 11 is 1.68. The van der Waals surface area contributed by atoms with Crippen LogP contribution in [0.4, 0.5) is 5.95 Å². The van der Waals surface area contributed by atoms with Gasteiger partial charge in [-0.25, -0.2) is 9.97 Å². The molecule has 2 aromatic heterocycles. The van der Waals surface area contributed by atoms with Gasteiger partial charge in [-0.1, -0.05) is 19.1 Å². The van der Waals surface area contributed by atoms with Crippen LogP contribution in [0.5, 0.6) is 5.75 Å². The number of hydrogen-bond donors (Lipinski definition) is 2. The second kappa shape index (κ2) is 8.73. The number of thiophene rings is 1. The molecule has 2 heterocycles. The highest BCUT2D eigenvalue weighted by Gasteiger charge is 2.14. The van der Waals surface area contributed by atoms with Gasteiger partial charge in [0.05, 0.1) is 17.7 Å². The molecule has 4 aromatic rings. The van der Waals surface area contributed by atoms with Gasteiger partial charge in [-0.15, -0.1) is 11.3 Å². The summed E-state index contributed by atoms with van der Waals surface area (Å²) in [6.07, 6.45) is 2.45. The molecule has 7 heteroatoms. The summed E-state index contributed by atoms with van der Waals surface area (Å²) in [6.45, 7) is 4.56. The Morgan fingerprint density at radius 2 is 2.03 bits per heavy atom. The first kappa shape index (κ1) is 20.8. The lowest BCUT2D eigenvalue weighted by atomic mass is 10.0. The first-order valence-corrected chi connectivity index (χ1v) is 10.9. The second-order valence-corrected chi connectivity index (χ2v) is 8.30. The number of ether oxygens (including phenoxy) is 1. The SMILES string of the molecule is CCc1ccc(OC)cc1C(=O)NCc1ccc2sc(-c3ccnc(N)n3)c(C)c2c1. The lowest BCUT2D eigenvalue weighted by Gasteiger charge is -2.11. The predicted octanol–water partition coefficient (Wildman–Crippen LogP) is 4.75. The number of nitrogen functional groups attached to an aromatic ring is 1. The normalized spacial score (nSPS) is 10.9. The predicted molar refractivity (Wildman–Crippen MR) is 126 cm³/mol. The van der Waals surface area contributed by atoms with Gasteiger partial charge in [0.15, 0.2) is 0 Å². The summed E-state index contributed by atoms with van der Waals surface area (Å²) in [5.41, 5.74) is 10.4. The summed E-state index contributed by atoms with van der Waals surface area (Å²) in [5.74, 6) is 0.840. The number of nitrogens with two attached hydrogens (primary N) is 1. The summed E-state index contributed by atoms with van der Waals surface area (Å²) < 4.78 is 6.45. The van der Waals surface area contributed by atoms with Crippen molar-refractivity contribution in [1.82, 2.24) is 15.3 Å². The smallest absolute Gasteiger partial charge is 0.251 e. The highest BCUT2D eigenvalue weighted by molar-refractivity contribution is 7.22. The molecule has 0 aliphatic rings. The largest absolute Gasteiger partial charge is 0.497 e. The Kier molecular flexibility index (Phi) is 5.86. The minimum atomic E-state index is -0.102. The number of nitrogens with zero attached hydrogens (tertiary/aromatic N) is 2. The van der Waals surface area contributed by atoms with Gasteiger partial charge in [0.25, 0.3) is 5.91 Å². The molecule has 0 aliphatic carbocycles. The fourth-order valence-corrected chi connectivity index (χ4v) is 4.76. The van der Waals surface area contributed by atoms with Crippen molar-refractivity contribution in [2.45, 2.75) is 26.8 Å². The van der Waals surface area contributed by atoms with Crippen LogP contribution in [0, 0.1) is 6.92 Å². The molecule has 158 valence electrons. The summed E-state index contributed by atoms with van der Waals surface area (Å²) in [6, 6.07) is 13.7. The maximum Gasteiger partial charge on any atom is 0.251 e. The molecule has 4 rings (SSSR count). The van der Waals surface area contributed by atoms with E-state index >= 15 is 0 Å². The van der Waals surface area contributed by atoms with Crippen molar-refractivity contribution in [3.05, 3.63) is 70.9 Å². The molecule has 0 radical (unpaired) electrons. The molecule has 1 amide bonds. The van der Waals surface area contributed by atoms with Crippen LogP contribution in [-0.2, 0) is 13.0 Å². The van der Waals surface area contributed by atoms with Gasteiger partial charge < -0.3 is 15.8 Å². The van der Waals surface area contributed by atoms with Crippen molar-refractivity contribution in [1.29, 1.82) is 0 Å². The highest BCUT2D eigenvalue weighted by Crippen LogP contribution is 2.37. The summed E-state index contributed by atoms with van der Waals surface area (Å²) in [4.78, 5) is 22.2. The third-order valence-corrected chi connectivity index (χ3v) is 6.60. The van der Waals surface area contributed by atoms with E-state index in [1.165, 1.54) is 4.70 Å². The van der Waals surface area contributed by atoms with Crippen molar-refractivity contribution in [2.24, 2.45) is 0 Å². The number of nitrogens with one attached hydrogen (secondary N) is 1. The van der Waals surface area contributed by atoms with Crippen LogP contribution in [0.25, 0.3) is 20.7 Å². The molecule has 0 fully saturated rings. The van der Waals surface area contributed by atoms with Crippen molar-refractivity contribution < 1.29 is 9.53 Å². The van der Waals surface area contributed by atoms with Gasteiger partial charge in [0.1, 0.15) is 5.75 Å². The van der Waals surface area contributed by atoms with Crippen molar-refractivity contribution in [3.63, 3.8) is 0 Å². The lowest BCUT2D eigenvalue weighted by Crippen LogP contribution is -2.24. The van der Waals surface area contributed by atoms with E-state index in [4.69, 9.17) is 10.5 Å². The van der Waals surface area contributed by atoms with Gasteiger partial charge in [-0.05, 0) is 65.8 Å². The van der Waals surface area contributed by atoms with E-state index < -0.39 is 0 Å². The Balaban J connectivity index is 1.57. The summed E-state index contributed by atoms with van der Waals surface area (Å²) in [7, 11) is 1.60. The van der Waals surface area contributed by atoms with E-state index in [1.54, 1.807) is 30.7 Å². The maximum absolute atomic E-state index is 12.8. The number of methoxy groups -OCH3 is 1. The fourth-order valence-electron chi connectivity index (χ4n) is 3.60. The van der Waals surface area contributed by atoms with Crippen LogP contribution in [0.1, 0.15) is 34.0 Å².